The zero-order valence-electron chi connectivity index (χ0n) is 18.2. The summed E-state index contributed by atoms with van der Waals surface area (Å²) in [5, 5.41) is 0. The van der Waals surface area contributed by atoms with Crippen molar-refractivity contribution in [2.24, 2.45) is 46.3 Å². The summed E-state index contributed by atoms with van der Waals surface area (Å²) in [6, 6.07) is 0. The minimum Gasteiger partial charge on any atom is -0.469 e. The molecule has 0 heterocycles. The topological polar surface area (TPSA) is 43.4 Å². The lowest BCUT2D eigenvalue weighted by Crippen LogP contribution is -2.51. The third-order valence-electron chi connectivity index (χ3n) is 9.70. The van der Waals surface area contributed by atoms with Gasteiger partial charge >= 0.3 is 5.97 Å². The minimum absolute atomic E-state index is 0.0797. The Balaban J connectivity index is 1.54. The highest BCUT2D eigenvalue weighted by atomic mass is 16.5. The molecule has 3 nitrogen and oxygen atoms in total. The molecule has 0 N–H and O–H groups in total. The van der Waals surface area contributed by atoms with E-state index in [1.165, 1.54) is 32.8 Å². The number of fused-ring (bicyclic) bond motifs is 5. The summed E-state index contributed by atoms with van der Waals surface area (Å²) in [7, 11) is 1.49. The number of rotatable bonds is 4. The summed E-state index contributed by atoms with van der Waals surface area (Å²) >= 11 is 0. The standard InChI is InChI=1S/C25H38O3/c1-16(5-10-23(27)28-4)20-8-9-21-19-7-6-17-15-18(26)11-13-24(17,2)22(19)12-14-25(20,21)3/h12,14,16-17,19-22H,5-11,13,15H2,1-4H3/t16-,17-,19-,20+,21-,22-,24-,25+/m0/s1. The van der Waals surface area contributed by atoms with E-state index < -0.39 is 0 Å². The number of ketones is 1. The van der Waals surface area contributed by atoms with Gasteiger partial charge in [0.15, 0.2) is 0 Å². The Morgan fingerprint density at radius 3 is 2.79 bits per heavy atom. The van der Waals surface area contributed by atoms with Crippen molar-refractivity contribution in [1.29, 1.82) is 0 Å². The summed E-state index contributed by atoms with van der Waals surface area (Å²) in [5.74, 6) is 4.43. The second-order valence-corrected chi connectivity index (χ2v) is 10.8. The Kier molecular flexibility index (Phi) is 5.25. The predicted molar refractivity (Wildman–Crippen MR) is 111 cm³/mol. The van der Waals surface area contributed by atoms with E-state index in [2.05, 4.69) is 32.9 Å². The molecule has 0 aromatic rings. The molecule has 0 aliphatic heterocycles. The van der Waals surface area contributed by atoms with Crippen LogP contribution in [0.5, 0.6) is 0 Å². The molecule has 156 valence electrons. The largest absolute Gasteiger partial charge is 0.469 e. The summed E-state index contributed by atoms with van der Waals surface area (Å²) in [6.07, 6.45) is 14.5. The molecular weight excluding hydrogens is 348 g/mol. The quantitative estimate of drug-likeness (QED) is 0.468. The number of hydrogen-bond donors (Lipinski definition) is 0. The minimum atomic E-state index is -0.0797. The van der Waals surface area contributed by atoms with Gasteiger partial charge in [0.25, 0.3) is 0 Å². The average Bonchev–Trinajstić information content (AvgIpc) is 3.03. The van der Waals surface area contributed by atoms with Crippen molar-refractivity contribution in [1.82, 2.24) is 0 Å². The Bertz CT molecular complexity index is 667. The van der Waals surface area contributed by atoms with Gasteiger partial charge in [-0.3, -0.25) is 9.59 Å². The Morgan fingerprint density at radius 2 is 2.04 bits per heavy atom. The highest BCUT2D eigenvalue weighted by Crippen LogP contribution is 2.65. The second-order valence-electron chi connectivity index (χ2n) is 10.8. The van der Waals surface area contributed by atoms with E-state index in [9.17, 15) is 9.59 Å². The molecule has 3 fully saturated rings. The Labute approximate surface area is 170 Å². The highest BCUT2D eigenvalue weighted by molar-refractivity contribution is 5.79. The summed E-state index contributed by atoms with van der Waals surface area (Å²) in [5.41, 5.74) is 0.591. The van der Waals surface area contributed by atoms with Crippen LogP contribution in [0, 0.1) is 46.3 Å². The lowest BCUT2D eigenvalue weighted by molar-refractivity contribution is -0.141. The number of ether oxygens (including phenoxy) is 1. The van der Waals surface area contributed by atoms with Crippen LogP contribution in [0.3, 0.4) is 0 Å². The predicted octanol–water partition coefficient (Wildman–Crippen LogP) is 5.58. The van der Waals surface area contributed by atoms with E-state index in [1.54, 1.807) is 0 Å². The van der Waals surface area contributed by atoms with Crippen LogP contribution < -0.4 is 0 Å². The third kappa shape index (κ3) is 3.08. The van der Waals surface area contributed by atoms with Crippen LogP contribution in [0.4, 0.5) is 0 Å². The average molecular weight is 387 g/mol. The van der Waals surface area contributed by atoms with Crippen molar-refractivity contribution in [3.05, 3.63) is 12.2 Å². The molecule has 3 saturated carbocycles. The number of carbonyl (C=O) groups is 2. The zero-order chi connectivity index (χ0) is 20.1. The van der Waals surface area contributed by atoms with Crippen molar-refractivity contribution in [2.75, 3.05) is 7.11 Å². The van der Waals surface area contributed by atoms with Crippen LogP contribution >= 0.6 is 0 Å². The lowest BCUT2D eigenvalue weighted by atomic mass is 9.46. The molecule has 28 heavy (non-hydrogen) atoms. The van der Waals surface area contributed by atoms with Gasteiger partial charge in [-0.2, -0.15) is 0 Å². The van der Waals surface area contributed by atoms with Gasteiger partial charge in [0.1, 0.15) is 5.78 Å². The number of methoxy groups -OCH3 is 1. The second kappa shape index (κ2) is 7.29. The van der Waals surface area contributed by atoms with Crippen molar-refractivity contribution in [2.45, 2.75) is 78.6 Å². The van der Waals surface area contributed by atoms with E-state index in [1.807, 2.05) is 0 Å². The molecule has 0 unspecified atom stereocenters. The van der Waals surface area contributed by atoms with Crippen LogP contribution in [0.25, 0.3) is 0 Å². The normalized spacial score (nSPS) is 45.7. The molecule has 0 bridgehead atoms. The summed E-state index contributed by atoms with van der Waals surface area (Å²) < 4.78 is 4.86. The van der Waals surface area contributed by atoms with Crippen LogP contribution in [-0.4, -0.2) is 18.9 Å². The highest BCUT2D eigenvalue weighted by Gasteiger charge is 2.58. The van der Waals surface area contributed by atoms with E-state index in [0.29, 0.717) is 41.3 Å². The maximum atomic E-state index is 12.1. The molecule has 4 aliphatic carbocycles. The van der Waals surface area contributed by atoms with Gasteiger partial charge in [-0.25, -0.2) is 0 Å². The first kappa shape index (κ1) is 20.2. The molecule has 8 atom stereocenters. The number of Topliss-reactive ketones (excluding diaryl/α,β-unsaturated/α-hetero) is 1. The zero-order valence-corrected chi connectivity index (χ0v) is 18.2. The molecule has 0 amide bonds. The summed E-state index contributed by atoms with van der Waals surface area (Å²) in [4.78, 5) is 23.7. The van der Waals surface area contributed by atoms with Crippen molar-refractivity contribution < 1.29 is 14.3 Å². The summed E-state index contributed by atoms with van der Waals surface area (Å²) in [6.45, 7) is 7.32. The number of esters is 1. The maximum Gasteiger partial charge on any atom is 0.305 e. The smallest absolute Gasteiger partial charge is 0.305 e. The monoisotopic (exact) mass is 386 g/mol. The van der Waals surface area contributed by atoms with Crippen LogP contribution in [0.1, 0.15) is 78.6 Å². The van der Waals surface area contributed by atoms with Crippen molar-refractivity contribution >= 4 is 11.8 Å². The Morgan fingerprint density at radius 1 is 1.25 bits per heavy atom. The molecule has 4 rings (SSSR count). The molecule has 0 saturated heterocycles. The SMILES string of the molecule is COC(=O)CC[C@H](C)[C@H]1CC[C@H]2[C@@H]3CC[C@H]4CC(=O)CC[C@]4(C)[C@H]3C=C[C@]12C. The van der Waals surface area contributed by atoms with Gasteiger partial charge in [-0.15, -0.1) is 0 Å². The maximum absolute atomic E-state index is 12.1. The van der Waals surface area contributed by atoms with Gasteiger partial charge in [-0.05, 0) is 84.9 Å². The molecule has 0 spiro atoms. The van der Waals surface area contributed by atoms with Gasteiger partial charge in [0.2, 0.25) is 0 Å². The molecule has 0 aromatic heterocycles. The number of hydrogen-bond acceptors (Lipinski definition) is 3. The molecule has 0 aromatic carbocycles. The van der Waals surface area contributed by atoms with Crippen LogP contribution in [0.2, 0.25) is 0 Å². The first-order chi connectivity index (χ1) is 13.3. The first-order valence-corrected chi connectivity index (χ1v) is 11.6. The van der Waals surface area contributed by atoms with E-state index in [4.69, 9.17) is 4.74 Å². The fraction of sp³-hybridized carbons (Fsp3) is 0.840. The van der Waals surface area contributed by atoms with Crippen LogP contribution in [0.15, 0.2) is 12.2 Å². The number of allylic oxidation sites excluding steroid dienone is 2. The number of carbonyl (C=O) groups excluding carboxylic acids is 2. The molecule has 3 heteroatoms. The van der Waals surface area contributed by atoms with E-state index in [-0.39, 0.29) is 11.4 Å². The van der Waals surface area contributed by atoms with Crippen molar-refractivity contribution in [3.8, 4) is 0 Å². The fourth-order valence-electron chi connectivity index (χ4n) is 8.01. The van der Waals surface area contributed by atoms with E-state index in [0.717, 1.165) is 37.5 Å². The molecule has 4 aliphatic rings. The van der Waals surface area contributed by atoms with Gasteiger partial charge in [0, 0.05) is 19.3 Å². The first-order valence-electron chi connectivity index (χ1n) is 11.6. The van der Waals surface area contributed by atoms with Gasteiger partial charge in [-0.1, -0.05) is 32.9 Å². The molecular formula is C25H38O3. The van der Waals surface area contributed by atoms with Crippen molar-refractivity contribution in [3.63, 3.8) is 0 Å². The fourth-order valence-corrected chi connectivity index (χ4v) is 8.01. The van der Waals surface area contributed by atoms with Gasteiger partial charge in [0.05, 0.1) is 7.11 Å². The van der Waals surface area contributed by atoms with Crippen LogP contribution in [-0.2, 0) is 14.3 Å². The lowest BCUT2D eigenvalue weighted by Gasteiger charge is -2.58. The van der Waals surface area contributed by atoms with E-state index >= 15 is 0 Å². The Hall–Kier alpha value is -1.12. The molecule has 0 radical (unpaired) electrons. The third-order valence-corrected chi connectivity index (χ3v) is 9.70. The van der Waals surface area contributed by atoms with Gasteiger partial charge < -0.3 is 4.74 Å².